The zero-order valence-corrected chi connectivity index (χ0v) is 10.7. The molecular weight excluding hydrogens is 236 g/mol. The van der Waals surface area contributed by atoms with Crippen molar-refractivity contribution in [3.05, 3.63) is 42.2 Å². The van der Waals surface area contributed by atoms with Gasteiger partial charge in [0.1, 0.15) is 5.69 Å². The summed E-state index contributed by atoms with van der Waals surface area (Å²) in [5.74, 6) is 0.841. The Hall–Kier alpha value is -1.90. The molecule has 1 aliphatic carbocycles. The van der Waals surface area contributed by atoms with Gasteiger partial charge in [-0.25, -0.2) is 0 Å². The fourth-order valence-electron chi connectivity index (χ4n) is 3.60. The molecule has 2 atom stereocenters. The summed E-state index contributed by atoms with van der Waals surface area (Å²) in [7, 11) is 0. The quantitative estimate of drug-likeness (QED) is 0.782. The zero-order valence-electron chi connectivity index (χ0n) is 10.7. The first-order valence-electron chi connectivity index (χ1n) is 6.97. The van der Waals surface area contributed by atoms with Crippen molar-refractivity contribution in [1.29, 1.82) is 0 Å². The number of hydrogen-bond donors (Lipinski definition) is 0. The minimum Gasteiger partial charge on any atom is -0.334 e. The fraction of sp³-hybridized carbons (Fsp3) is 0.375. The number of benzene rings is 1. The van der Waals surface area contributed by atoms with Crippen molar-refractivity contribution in [3.63, 3.8) is 0 Å². The van der Waals surface area contributed by atoms with Crippen LogP contribution >= 0.6 is 0 Å². The molecule has 3 heteroatoms. The lowest BCUT2D eigenvalue weighted by Gasteiger charge is -2.27. The molecule has 1 aromatic heterocycles. The number of pyridine rings is 1. The number of amides is 1. The van der Waals surface area contributed by atoms with Crippen LogP contribution in [0.4, 0.5) is 0 Å². The highest BCUT2D eigenvalue weighted by Crippen LogP contribution is 2.38. The SMILES string of the molecule is O=C(c1nccc2ccccc12)N1C[C@H]2CC[C@H]1C2. The average Bonchev–Trinajstić information content (AvgIpc) is 3.08. The minimum absolute atomic E-state index is 0.115. The maximum Gasteiger partial charge on any atom is 0.273 e. The van der Waals surface area contributed by atoms with E-state index in [9.17, 15) is 4.79 Å². The van der Waals surface area contributed by atoms with Gasteiger partial charge in [0, 0.05) is 24.2 Å². The number of piperidine rings is 1. The van der Waals surface area contributed by atoms with Gasteiger partial charge in [-0.3, -0.25) is 9.78 Å². The Morgan fingerprint density at radius 3 is 2.89 bits per heavy atom. The number of fused-ring (bicyclic) bond motifs is 3. The topological polar surface area (TPSA) is 33.2 Å². The predicted octanol–water partition coefficient (Wildman–Crippen LogP) is 2.86. The van der Waals surface area contributed by atoms with E-state index in [0.717, 1.165) is 23.2 Å². The Kier molecular flexibility index (Phi) is 2.34. The monoisotopic (exact) mass is 252 g/mol. The molecule has 2 fully saturated rings. The van der Waals surface area contributed by atoms with E-state index in [1.807, 2.05) is 35.2 Å². The third-order valence-corrected chi connectivity index (χ3v) is 4.55. The molecule has 2 bridgehead atoms. The smallest absolute Gasteiger partial charge is 0.273 e. The molecule has 2 heterocycles. The number of hydrogen-bond acceptors (Lipinski definition) is 2. The third kappa shape index (κ3) is 1.65. The van der Waals surface area contributed by atoms with E-state index in [2.05, 4.69) is 4.98 Å². The molecule has 2 aromatic rings. The average molecular weight is 252 g/mol. The molecule has 2 aliphatic rings. The van der Waals surface area contributed by atoms with Crippen molar-refractivity contribution in [3.8, 4) is 0 Å². The molecule has 3 nitrogen and oxygen atoms in total. The van der Waals surface area contributed by atoms with Crippen LogP contribution in [0.3, 0.4) is 0 Å². The van der Waals surface area contributed by atoms with Gasteiger partial charge >= 0.3 is 0 Å². The number of rotatable bonds is 1. The maximum atomic E-state index is 12.7. The highest BCUT2D eigenvalue weighted by atomic mass is 16.2. The Morgan fingerprint density at radius 2 is 2.11 bits per heavy atom. The molecule has 1 saturated carbocycles. The highest BCUT2D eigenvalue weighted by molar-refractivity contribution is 6.05. The van der Waals surface area contributed by atoms with E-state index >= 15 is 0 Å². The summed E-state index contributed by atoms with van der Waals surface area (Å²) in [5.41, 5.74) is 0.616. The van der Waals surface area contributed by atoms with E-state index in [1.54, 1.807) is 6.20 Å². The lowest BCUT2D eigenvalue weighted by Crippen LogP contribution is -2.38. The molecule has 4 rings (SSSR count). The number of likely N-dealkylation sites (tertiary alicyclic amines) is 1. The molecule has 0 unspecified atom stereocenters. The van der Waals surface area contributed by atoms with Crippen molar-refractivity contribution in [1.82, 2.24) is 9.88 Å². The molecule has 0 radical (unpaired) electrons. The summed E-state index contributed by atoms with van der Waals surface area (Å²) in [5, 5.41) is 2.06. The predicted molar refractivity (Wildman–Crippen MR) is 73.9 cm³/mol. The highest BCUT2D eigenvalue weighted by Gasteiger charge is 2.41. The fourth-order valence-corrected chi connectivity index (χ4v) is 3.60. The standard InChI is InChI=1S/C16H16N2O/c19-16(18-10-11-5-6-13(18)9-11)15-14-4-2-1-3-12(14)7-8-17-15/h1-4,7-8,11,13H,5-6,9-10H2/t11-,13-/m0/s1. The van der Waals surface area contributed by atoms with Crippen LogP contribution in [-0.4, -0.2) is 28.4 Å². The molecule has 1 saturated heterocycles. The van der Waals surface area contributed by atoms with Gasteiger partial charge in [0.05, 0.1) is 0 Å². The number of carbonyl (C=O) groups is 1. The second-order valence-corrected chi connectivity index (χ2v) is 5.67. The van der Waals surface area contributed by atoms with E-state index in [-0.39, 0.29) is 5.91 Å². The number of aromatic nitrogens is 1. The first kappa shape index (κ1) is 11.0. The molecule has 1 aromatic carbocycles. The molecule has 0 N–H and O–H groups in total. The Labute approximate surface area is 112 Å². The van der Waals surface area contributed by atoms with E-state index in [1.165, 1.54) is 19.3 Å². The second kappa shape index (κ2) is 4.05. The Bertz CT molecular complexity index is 647. The van der Waals surface area contributed by atoms with Gasteiger partial charge in [-0.1, -0.05) is 24.3 Å². The van der Waals surface area contributed by atoms with Crippen molar-refractivity contribution in [2.45, 2.75) is 25.3 Å². The van der Waals surface area contributed by atoms with E-state index in [4.69, 9.17) is 0 Å². The third-order valence-electron chi connectivity index (χ3n) is 4.55. The lowest BCUT2D eigenvalue weighted by atomic mass is 10.1. The van der Waals surface area contributed by atoms with Crippen LogP contribution in [0.5, 0.6) is 0 Å². The molecule has 19 heavy (non-hydrogen) atoms. The summed E-state index contributed by atoms with van der Waals surface area (Å²) in [6.45, 7) is 0.925. The summed E-state index contributed by atoms with van der Waals surface area (Å²) in [6, 6.07) is 10.4. The van der Waals surface area contributed by atoms with Gasteiger partial charge < -0.3 is 4.90 Å². The lowest BCUT2D eigenvalue weighted by molar-refractivity contribution is 0.0700. The van der Waals surface area contributed by atoms with Crippen molar-refractivity contribution < 1.29 is 4.79 Å². The number of carbonyl (C=O) groups excluding carboxylic acids is 1. The summed E-state index contributed by atoms with van der Waals surface area (Å²) in [4.78, 5) is 19.1. The summed E-state index contributed by atoms with van der Waals surface area (Å²) < 4.78 is 0. The van der Waals surface area contributed by atoms with Crippen molar-refractivity contribution >= 4 is 16.7 Å². The van der Waals surface area contributed by atoms with Crippen molar-refractivity contribution in [2.24, 2.45) is 5.92 Å². The van der Waals surface area contributed by atoms with Crippen molar-refractivity contribution in [2.75, 3.05) is 6.54 Å². The van der Waals surface area contributed by atoms with Crippen LogP contribution in [0.15, 0.2) is 36.5 Å². The van der Waals surface area contributed by atoms with E-state index in [0.29, 0.717) is 11.7 Å². The van der Waals surface area contributed by atoms with Crippen LogP contribution < -0.4 is 0 Å². The first-order valence-corrected chi connectivity index (χ1v) is 6.97. The van der Waals surface area contributed by atoms with Gasteiger partial charge in [-0.15, -0.1) is 0 Å². The summed E-state index contributed by atoms with van der Waals surface area (Å²) >= 11 is 0. The van der Waals surface area contributed by atoms with Gasteiger partial charge in [-0.05, 0) is 36.6 Å². The zero-order chi connectivity index (χ0) is 12.8. The van der Waals surface area contributed by atoms with Gasteiger partial charge in [0.25, 0.3) is 5.91 Å². The van der Waals surface area contributed by atoms with Crippen LogP contribution in [0.2, 0.25) is 0 Å². The molecule has 96 valence electrons. The molecular formula is C16H16N2O. The van der Waals surface area contributed by atoms with Crippen LogP contribution in [-0.2, 0) is 0 Å². The van der Waals surface area contributed by atoms with Gasteiger partial charge in [0.15, 0.2) is 0 Å². The first-order chi connectivity index (χ1) is 9.33. The number of nitrogens with zero attached hydrogens (tertiary/aromatic N) is 2. The maximum absolute atomic E-state index is 12.7. The Morgan fingerprint density at radius 1 is 1.21 bits per heavy atom. The minimum atomic E-state index is 0.115. The molecule has 1 aliphatic heterocycles. The van der Waals surface area contributed by atoms with Crippen LogP contribution in [0, 0.1) is 5.92 Å². The van der Waals surface area contributed by atoms with Gasteiger partial charge in [-0.2, -0.15) is 0 Å². The molecule has 0 spiro atoms. The van der Waals surface area contributed by atoms with Crippen LogP contribution in [0.25, 0.3) is 10.8 Å². The second-order valence-electron chi connectivity index (χ2n) is 5.67. The van der Waals surface area contributed by atoms with E-state index < -0.39 is 0 Å². The molecule has 1 amide bonds. The summed E-state index contributed by atoms with van der Waals surface area (Å²) in [6.07, 6.45) is 5.39. The largest absolute Gasteiger partial charge is 0.334 e. The normalized spacial score (nSPS) is 25.2. The van der Waals surface area contributed by atoms with Gasteiger partial charge in [0.2, 0.25) is 0 Å². The Balaban J connectivity index is 1.76. The van der Waals surface area contributed by atoms with Crippen LogP contribution in [0.1, 0.15) is 29.8 Å².